The Balaban J connectivity index is 1.43. The third-order valence-corrected chi connectivity index (χ3v) is 4.96. The van der Waals surface area contributed by atoms with E-state index >= 15 is 0 Å². The van der Waals surface area contributed by atoms with E-state index < -0.39 is 24.3 Å². The van der Waals surface area contributed by atoms with Gasteiger partial charge in [-0.1, -0.05) is 17.3 Å². The van der Waals surface area contributed by atoms with Crippen LogP contribution in [0.15, 0.2) is 59.1 Å². The predicted molar refractivity (Wildman–Crippen MR) is 115 cm³/mol. The summed E-state index contributed by atoms with van der Waals surface area (Å²) < 4.78 is 36.6. The second kappa shape index (κ2) is 9.56. The fourth-order valence-corrected chi connectivity index (χ4v) is 3.28. The maximum absolute atomic E-state index is 13.3. The van der Waals surface area contributed by atoms with Crippen LogP contribution in [0.25, 0.3) is 22.4 Å². The highest BCUT2D eigenvalue weighted by Crippen LogP contribution is 2.27. The van der Waals surface area contributed by atoms with E-state index in [4.69, 9.17) is 9.26 Å². The van der Waals surface area contributed by atoms with E-state index in [0.717, 1.165) is 5.56 Å². The number of aryl methyl sites for hydroxylation is 1. The Hall–Kier alpha value is -4.14. The molecule has 1 N–H and O–H groups in total. The zero-order valence-electron chi connectivity index (χ0n) is 17.6. The van der Waals surface area contributed by atoms with Crippen LogP contribution in [0.1, 0.15) is 21.6 Å². The molecule has 0 atom stereocenters. The lowest BCUT2D eigenvalue weighted by Gasteiger charge is -2.09. The Labute approximate surface area is 187 Å². The van der Waals surface area contributed by atoms with Gasteiger partial charge in [-0.25, -0.2) is 18.6 Å². The first kappa shape index (κ1) is 22.1. The van der Waals surface area contributed by atoms with Crippen LogP contribution in [0.3, 0.4) is 0 Å². The molecule has 0 bridgehead atoms. The van der Waals surface area contributed by atoms with Crippen LogP contribution in [0.4, 0.5) is 8.78 Å². The predicted octanol–water partition coefficient (Wildman–Crippen LogP) is 3.99. The molecule has 7 nitrogen and oxygen atoms in total. The molecule has 0 aliphatic heterocycles. The third-order valence-electron chi connectivity index (χ3n) is 4.96. The number of hydrogen-bond acceptors (Lipinski definition) is 6. The number of rotatable bonds is 7. The van der Waals surface area contributed by atoms with Gasteiger partial charge in [0, 0.05) is 12.1 Å². The number of carbonyl (C=O) groups is 2. The summed E-state index contributed by atoms with van der Waals surface area (Å²) in [5, 5.41) is 6.88. The number of benzene rings is 2. The standard InChI is InChI=1S/C24H19F2N3O4/c1-14-22-19(12-20(28-23(22)33-29-14)16-4-8-18(26)9-5-16)24(31)32-13-21(30)27-11-10-15-2-6-17(25)7-3-15/h2-9,12H,10-11,13H2,1H3,(H,27,30). The number of halogens is 2. The molecule has 4 aromatic rings. The van der Waals surface area contributed by atoms with Crippen LogP contribution in [0, 0.1) is 18.6 Å². The molecule has 33 heavy (non-hydrogen) atoms. The van der Waals surface area contributed by atoms with E-state index in [9.17, 15) is 18.4 Å². The minimum Gasteiger partial charge on any atom is -0.452 e. The van der Waals surface area contributed by atoms with Gasteiger partial charge in [0.15, 0.2) is 6.61 Å². The fraction of sp³-hybridized carbons (Fsp3) is 0.167. The maximum atomic E-state index is 13.3. The molecule has 0 saturated heterocycles. The van der Waals surface area contributed by atoms with E-state index in [0.29, 0.717) is 35.3 Å². The number of esters is 1. The van der Waals surface area contributed by atoms with E-state index in [1.54, 1.807) is 19.1 Å². The van der Waals surface area contributed by atoms with E-state index in [2.05, 4.69) is 15.5 Å². The van der Waals surface area contributed by atoms with Crippen molar-refractivity contribution < 1.29 is 27.6 Å². The summed E-state index contributed by atoms with van der Waals surface area (Å²) in [7, 11) is 0. The summed E-state index contributed by atoms with van der Waals surface area (Å²) in [6.07, 6.45) is 0.506. The molecule has 0 aliphatic carbocycles. The highest BCUT2D eigenvalue weighted by Gasteiger charge is 2.21. The van der Waals surface area contributed by atoms with Gasteiger partial charge < -0.3 is 14.6 Å². The highest BCUT2D eigenvalue weighted by atomic mass is 19.1. The van der Waals surface area contributed by atoms with Crippen molar-refractivity contribution in [3.8, 4) is 11.3 Å². The van der Waals surface area contributed by atoms with Gasteiger partial charge in [0.25, 0.3) is 11.6 Å². The number of pyridine rings is 1. The van der Waals surface area contributed by atoms with Crippen LogP contribution in [-0.2, 0) is 16.0 Å². The minimum atomic E-state index is -0.745. The fourth-order valence-electron chi connectivity index (χ4n) is 3.28. The smallest absolute Gasteiger partial charge is 0.339 e. The average molecular weight is 451 g/mol. The lowest BCUT2D eigenvalue weighted by Crippen LogP contribution is -2.30. The Morgan fingerprint density at radius 3 is 2.39 bits per heavy atom. The normalized spacial score (nSPS) is 10.9. The van der Waals surface area contributed by atoms with Crippen LogP contribution in [-0.4, -0.2) is 35.2 Å². The maximum Gasteiger partial charge on any atom is 0.339 e. The lowest BCUT2D eigenvalue weighted by molar-refractivity contribution is -0.124. The molecule has 0 saturated carbocycles. The van der Waals surface area contributed by atoms with E-state index in [-0.39, 0.29) is 17.1 Å². The van der Waals surface area contributed by atoms with Crippen LogP contribution < -0.4 is 5.32 Å². The van der Waals surface area contributed by atoms with Gasteiger partial charge in [-0.3, -0.25) is 4.79 Å². The van der Waals surface area contributed by atoms with Gasteiger partial charge >= 0.3 is 5.97 Å². The monoisotopic (exact) mass is 451 g/mol. The number of ether oxygens (including phenoxy) is 1. The third kappa shape index (κ3) is 5.20. The zero-order chi connectivity index (χ0) is 23.4. The molecule has 2 aromatic heterocycles. The van der Waals surface area contributed by atoms with Crippen molar-refractivity contribution in [1.82, 2.24) is 15.5 Å². The molecule has 0 unspecified atom stereocenters. The van der Waals surface area contributed by atoms with Gasteiger partial charge in [0.2, 0.25) is 0 Å². The molecule has 168 valence electrons. The van der Waals surface area contributed by atoms with Crippen LogP contribution in [0.5, 0.6) is 0 Å². The molecular weight excluding hydrogens is 432 g/mol. The van der Waals surface area contributed by atoms with Crippen molar-refractivity contribution in [2.45, 2.75) is 13.3 Å². The van der Waals surface area contributed by atoms with Gasteiger partial charge in [-0.05, 0) is 61.4 Å². The SMILES string of the molecule is Cc1noc2nc(-c3ccc(F)cc3)cc(C(=O)OCC(=O)NCCc3ccc(F)cc3)c12. The highest BCUT2D eigenvalue weighted by molar-refractivity contribution is 6.04. The summed E-state index contributed by atoms with van der Waals surface area (Å²) in [4.78, 5) is 29.2. The number of fused-ring (bicyclic) bond motifs is 1. The summed E-state index contributed by atoms with van der Waals surface area (Å²) in [5.74, 6) is -1.95. The molecule has 0 aliphatic rings. The minimum absolute atomic E-state index is 0.130. The van der Waals surface area contributed by atoms with Crippen molar-refractivity contribution >= 4 is 23.0 Å². The number of nitrogens with zero attached hydrogens (tertiary/aromatic N) is 2. The Bertz CT molecular complexity index is 1300. The average Bonchev–Trinajstić information content (AvgIpc) is 3.19. The first-order chi connectivity index (χ1) is 15.9. The second-order valence-corrected chi connectivity index (χ2v) is 7.31. The van der Waals surface area contributed by atoms with Crippen molar-refractivity contribution in [3.63, 3.8) is 0 Å². The molecule has 1 amide bonds. The largest absolute Gasteiger partial charge is 0.452 e. The molecule has 4 rings (SSSR count). The summed E-state index contributed by atoms with van der Waals surface area (Å²) in [5.41, 5.74) is 2.51. The van der Waals surface area contributed by atoms with E-state index in [1.807, 2.05) is 0 Å². The van der Waals surface area contributed by atoms with Gasteiger partial charge in [0.1, 0.15) is 11.6 Å². The summed E-state index contributed by atoms with van der Waals surface area (Å²) >= 11 is 0. The number of carbonyl (C=O) groups excluding carboxylic acids is 2. The molecule has 0 spiro atoms. The first-order valence-corrected chi connectivity index (χ1v) is 10.1. The van der Waals surface area contributed by atoms with Crippen molar-refractivity contribution in [2.24, 2.45) is 0 Å². The topological polar surface area (TPSA) is 94.3 Å². The van der Waals surface area contributed by atoms with Gasteiger partial charge in [0.05, 0.1) is 22.3 Å². The molecule has 2 aromatic carbocycles. The Morgan fingerprint density at radius 1 is 1.03 bits per heavy atom. The lowest BCUT2D eigenvalue weighted by atomic mass is 10.1. The number of amides is 1. The first-order valence-electron chi connectivity index (χ1n) is 10.1. The van der Waals surface area contributed by atoms with Crippen molar-refractivity contribution in [3.05, 3.63) is 83.1 Å². The molecule has 0 radical (unpaired) electrons. The van der Waals surface area contributed by atoms with Crippen molar-refractivity contribution in [1.29, 1.82) is 0 Å². The summed E-state index contributed by atoms with van der Waals surface area (Å²) in [6.45, 7) is 1.48. The summed E-state index contributed by atoms with van der Waals surface area (Å²) in [6, 6.07) is 13.1. The Kier molecular flexibility index (Phi) is 6.39. The molecule has 9 heteroatoms. The molecule has 0 fully saturated rings. The van der Waals surface area contributed by atoms with Gasteiger partial charge in [-0.2, -0.15) is 0 Å². The molecular formula is C24H19F2N3O4. The number of hydrogen-bond donors (Lipinski definition) is 1. The second-order valence-electron chi connectivity index (χ2n) is 7.31. The molecule has 2 heterocycles. The number of nitrogens with one attached hydrogen (secondary N) is 1. The number of aromatic nitrogens is 2. The quantitative estimate of drug-likeness (QED) is 0.427. The van der Waals surface area contributed by atoms with Crippen LogP contribution in [0.2, 0.25) is 0 Å². The van der Waals surface area contributed by atoms with Crippen LogP contribution >= 0.6 is 0 Å². The van der Waals surface area contributed by atoms with Gasteiger partial charge in [-0.15, -0.1) is 0 Å². The zero-order valence-corrected chi connectivity index (χ0v) is 17.6. The Morgan fingerprint density at radius 2 is 1.70 bits per heavy atom. The van der Waals surface area contributed by atoms with E-state index in [1.165, 1.54) is 42.5 Å². The van der Waals surface area contributed by atoms with Crippen molar-refractivity contribution in [2.75, 3.05) is 13.2 Å².